The zero-order chi connectivity index (χ0) is 30.1. The number of carbonyl (C=O) groups is 2. The molecule has 0 unspecified atom stereocenters. The normalized spacial score (nSPS) is 16.5. The Balaban J connectivity index is 1.64. The van der Waals surface area contributed by atoms with Gasteiger partial charge in [0.15, 0.2) is 0 Å². The molecule has 0 bridgehead atoms. The van der Waals surface area contributed by atoms with Gasteiger partial charge >= 0.3 is 12.2 Å². The van der Waals surface area contributed by atoms with Crippen molar-refractivity contribution < 1.29 is 32.6 Å². The number of rotatable bonds is 10. The quantitative estimate of drug-likeness (QED) is 0.286. The Hall–Kier alpha value is -3.98. The lowest BCUT2D eigenvalue weighted by molar-refractivity contribution is -0.0414. The van der Waals surface area contributed by atoms with Crippen LogP contribution in [0, 0.1) is 11.6 Å². The Kier molecular flexibility index (Phi) is 10.5. The zero-order valence-corrected chi connectivity index (χ0v) is 24.2. The number of hydrogen-bond donors (Lipinski definition) is 1. The van der Waals surface area contributed by atoms with E-state index in [1.54, 1.807) is 25.7 Å². The molecule has 1 saturated heterocycles. The molecule has 3 aromatic rings. The molecule has 7 nitrogen and oxygen atoms in total. The van der Waals surface area contributed by atoms with E-state index in [0.29, 0.717) is 24.9 Å². The van der Waals surface area contributed by atoms with E-state index in [1.807, 2.05) is 60.7 Å². The summed E-state index contributed by atoms with van der Waals surface area (Å²) in [6, 6.07) is 20.7. The van der Waals surface area contributed by atoms with Crippen molar-refractivity contribution >= 4 is 12.2 Å². The molecule has 2 amide bonds. The van der Waals surface area contributed by atoms with Crippen molar-refractivity contribution in [2.45, 2.75) is 77.0 Å². The summed E-state index contributed by atoms with van der Waals surface area (Å²) in [5.41, 5.74) is 1.32. The molecule has 4 rings (SSSR count). The second kappa shape index (κ2) is 14.3. The minimum atomic E-state index is -0.800. The first-order chi connectivity index (χ1) is 20.1. The molecule has 3 atom stereocenters. The lowest BCUT2D eigenvalue weighted by Gasteiger charge is -2.37. The molecular formula is C33H38F2N2O5. The van der Waals surface area contributed by atoms with Crippen LogP contribution >= 0.6 is 0 Å². The third-order valence-electron chi connectivity index (χ3n) is 6.88. The fourth-order valence-corrected chi connectivity index (χ4v) is 5.09. The van der Waals surface area contributed by atoms with Crippen molar-refractivity contribution in [2.24, 2.45) is 0 Å². The van der Waals surface area contributed by atoms with Crippen LogP contribution in [0.4, 0.5) is 18.4 Å². The molecule has 224 valence electrons. The van der Waals surface area contributed by atoms with Gasteiger partial charge in [-0.1, -0.05) is 60.7 Å². The highest BCUT2D eigenvalue weighted by molar-refractivity contribution is 5.69. The molecule has 1 aliphatic heterocycles. The first-order valence-electron chi connectivity index (χ1n) is 14.1. The number of nitrogens with zero attached hydrogens (tertiary/aromatic N) is 1. The number of halogens is 2. The van der Waals surface area contributed by atoms with Crippen LogP contribution in [0.25, 0.3) is 0 Å². The highest BCUT2D eigenvalue weighted by Gasteiger charge is 2.42. The number of carbonyl (C=O) groups excluding carboxylic acids is 2. The topological polar surface area (TPSA) is 77.1 Å². The summed E-state index contributed by atoms with van der Waals surface area (Å²) in [5, 5.41) is 2.89. The monoisotopic (exact) mass is 580 g/mol. The molecule has 0 radical (unpaired) electrons. The first kappa shape index (κ1) is 31.0. The average molecular weight is 581 g/mol. The Morgan fingerprint density at radius 3 is 2.10 bits per heavy atom. The molecule has 3 aromatic carbocycles. The van der Waals surface area contributed by atoms with E-state index in [4.69, 9.17) is 14.2 Å². The van der Waals surface area contributed by atoms with E-state index in [9.17, 15) is 18.4 Å². The fourth-order valence-electron chi connectivity index (χ4n) is 5.09. The van der Waals surface area contributed by atoms with Crippen molar-refractivity contribution in [1.29, 1.82) is 0 Å². The van der Waals surface area contributed by atoms with E-state index < -0.39 is 47.6 Å². The fraction of sp³-hybridized carbons (Fsp3) is 0.394. The summed E-state index contributed by atoms with van der Waals surface area (Å²) in [4.78, 5) is 28.0. The number of alkyl carbamates (subject to hydrolysis) is 1. The number of likely N-dealkylation sites (tertiary alicyclic amines) is 1. The number of amides is 2. The second-order valence-corrected chi connectivity index (χ2v) is 11.4. The lowest BCUT2D eigenvalue weighted by Crippen LogP contribution is -2.56. The summed E-state index contributed by atoms with van der Waals surface area (Å²) in [6.07, 6.45) is -0.623. The van der Waals surface area contributed by atoms with Crippen molar-refractivity contribution in [3.05, 3.63) is 107 Å². The SMILES string of the molecule is CC(C)(C)OC(=O)N1CCC[C@@H]1[C@@H](OCc1ccccc1)[C@H](Cc1cc(F)cc(F)c1)NC(=O)OCc1ccccc1. The van der Waals surface area contributed by atoms with Gasteiger partial charge in [0.05, 0.1) is 24.8 Å². The summed E-state index contributed by atoms with van der Waals surface area (Å²) < 4.78 is 46.0. The van der Waals surface area contributed by atoms with E-state index in [0.717, 1.165) is 17.2 Å². The maximum atomic E-state index is 14.2. The Morgan fingerprint density at radius 2 is 1.50 bits per heavy atom. The van der Waals surface area contributed by atoms with Crippen molar-refractivity contribution in [2.75, 3.05) is 6.54 Å². The summed E-state index contributed by atoms with van der Waals surface area (Å²) in [7, 11) is 0. The zero-order valence-electron chi connectivity index (χ0n) is 24.2. The minimum absolute atomic E-state index is 0.0350. The van der Waals surface area contributed by atoms with Crippen LogP contribution in [-0.2, 0) is 33.8 Å². The molecule has 1 N–H and O–H groups in total. The third kappa shape index (κ3) is 9.27. The van der Waals surface area contributed by atoms with Crippen LogP contribution in [0.15, 0.2) is 78.9 Å². The predicted octanol–water partition coefficient (Wildman–Crippen LogP) is 6.79. The van der Waals surface area contributed by atoms with E-state index >= 15 is 0 Å². The largest absolute Gasteiger partial charge is 0.445 e. The lowest BCUT2D eigenvalue weighted by atomic mass is 9.94. The summed E-state index contributed by atoms with van der Waals surface area (Å²) in [5.74, 6) is -1.46. The number of hydrogen-bond acceptors (Lipinski definition) is 5. The van der Waals surface area contributed by atoms with E-state index in [-0.39, 0.29) is 19.6 Å². The van der Waals surface area contributed by atoms with Gasteiger partial charge in [-0.15, -0.1) is 0 Å². The average Bonchev–Trinajstić information content (AvgIpc) is 3.42. The molecule has 0 saturated carbocycles. The van der Waals surface area contributed by atoms with Gasteiger partial charge in [0.1, 0.15) is 23.8 Å². The van der Waals surface area contributed by atoms with Crippen LogP contribution in [0.2, 0.25) is 0 Å². The molecular weight excluding hydrogens is 542 g/mol. The summed E-state index contributed by atoms with van der Waals surface area (Å²) >= 11 is 0. The molecule has 0 aromatic heterocycles. The van der Waals surface area contributed by atoms with Crippen LogP contribution in [0.5, 0.6) is 0 Å². The highest BCUT2D eigenvalue weighted by atomic mass is 19.1. The molecule has 0 spiro atoms. The van der Waals surface area contributed by atoms with E-state index in [1.165, 1.54) is 12.1 Å². The molecule has 0 aliphatic carbocycles. The van der Waals surface area contributed by atoms with Gasteiger partial charge < -0.3 is 24.4 Å². The molecule has 9 heteroatoms. The van der Waals surface area contributed by atoms with Gasteiger partial charge in [-0.25, -0.2) is 18.4 Å². The maximum absolute atomic E-state index is 14.2. The van der Waals surface area contributed by atoms with Crippen molar-refractivity contribution in [3.63, 3.8) is 0 Å². The predicted molar refractivity (Wildman–Crippen MR) is 155 cm³/mol. The van der Waals surface area contributed by atoms with Gasteiger partial charge in [-0.2, -0.15) is 0 Å². The van der Waals surface area contributed by atoms with Crippen LogP contribution < -0.4 is 5.32 Å². The number of ether oxygens (including phenoxy) is 3. The number of nitrogens with one attached hydrogen (secondary N) is 1. The second-order valence-electron chi connectivity index (χ2n) is 11.4. The standard InChI is InChI=1S/C33H38F2N2O5/c1-33(2,3)42-32(39)37-16-10-15-29(37)30(40-21-23-11-6-4-7-12-23)28(19-25-17-26(34)20-27(35)18-25)36-31(38)41-22-24-13-8-5-9-14-24/h4-9,11-14,17-18,20,28-30H,10,15-16,19,21-22H2,1-3H3,(H,36,38)/t28-,29+,30-/m0/s1. The third-order valence-corrected chi connectivity index (χ3v) is 6.88. The smallest absolute Gasteiger partial charge is 0.410 e. The van der Waals surface area contributed by atoms with Gasteiger partial charge in [-0.3, -0.25) is 0 Å². The van der Waals surface area contributed by atoms with Crippen LogP contribution in [-0.4, -0.2) is 47.4 Å². The van der Waals surface area contributed by atoms with Gasteiger partial charge in [0.2, 0.25) is 0 Å². The van der Waals surface area contributed by atoms with Gasteiger partial charge in [-0.05, 0) is 68.9 Å². The Morgan fingerprint density at radius 1 is 0.905 bits per heavy atom. The Labute approximate surface area is 245 Å². The molecule has 1 heterocycles. The van der Waals surface area contributed by atoms with Gasteiger partial charge in [0, 0.05) is 12.6 Å². The van der Waals surface area contributed by atoms with Gasteiger partial charge in [0.25, 0.3) is 0 Å². The van der Waals surface area contributed by atoms with Crippen molar-refractivity contribution in [3.8, 4) is 0 Å². The minimum Gasteiger partial charge on any atom is -0.445 e. The van der Waals surface area contributed by atoms with Crippen LogP contribution in [0.1, 0.15) is 50.3 Å². The molecule has 1 fully saturated rings. The maximum Gasteiger partial charge on any atom is 0.410 e. The molecule has 1 aliphatic rings. The first-order valence-corrected chi connectivity index (χ1v) is 14.1. The van der Waals surface area contributed by atoms with Crippen molar-refractivity contribution in [1.82, 2.24) is 10.2 Å². The van der Waals surface area contributed by atoms with E-state index in [2.05, 4.69) is 5.32 Å². The summed E-state index contributed by atoms with van der Waals surface area (Å²) in [6.45, 7) is 6.07. The number of benzene rings is 3. The molecule has 42 heavy (non-hydrogen) atoms. The Bertz CT molecular complexity index is 1300. The highest BCUT2D eigenvalue weighted by Crippen LogP contribution is 2.28. The van der Waals surface area contributed by atoms with Crippen LogP contribution in [0.3, 0.4) is 0 Å².